The van der Waals surface area contributed by atoms with Crippen LogP contribution in [-0.4, -0.2) is 33.2 Å². The molecule has 1 saturated carbocycles. The van der Waals surface area contributed by atoms with Crippen molar-refractivity contribution in [1.82, 2.24) is 15.0 Å². The van der Waals surface area contributed by atoms with Gasteiger partial charge >= 0.3 is 0 Å². The molecule has 1 aromatic carbocycles. The highest BCUT2D eigenvalue weighted by Crippen LogP contribution is 2.30. The smallest absolute Gasteiger partial charge is 0.299 e. The Morgan fingerprint density at radius 2 is 1.88 bits per heavy atom. The van der Waals surface area contributed by atoms with E-state index in [9.17, 15) is 9.59 Å². The monoisotopic (exact) mass is 333 g/mol. The second-order valence-corrected chi connectivity index (χ2v) is 6.20. The molecule has 1 aromatic heterocycles. The summed E-state index contributed by atoms with van der Waals surface area (Å²) in [7, 11) is 0. The summed E-state index contributed by atoms with van der Waals surface area (Å²) < 4.78 is 1.76. The zero-order valence-corrected chi connectivity index (χ0v) is 13.8. The Morgan fingerprint density at radius 1 is 1.08 bits per heavy atom. The third-order valence-electron chi connectivity index (χ3n) is 4.39. The van der Waals surface area contributed by atoms with Gasteiger partial charge in [0.25, 0.3) is 11.7 Å². The Morgan fingerprint density at radius 3 is 2.68 bits per heavy atom. The molecule has 5 radical (unpaired) electrons. The van der Waals surface area contributed by atoms with Crippen LogP contribution in [0, 0.1) is 38.5 Å². The Bertz CT molecular complexity index is 821. The summed E-state index contributed by atoms with van der Waals surface area (Å²) in [6, 6.07) is 5.54. The van der Waals surface area contributed by atoms with E-state index in [0.717, 1.165) is 17.2 Å². The van der Waals surface area contributed by atoms with Gasteiger partial charge in [-0.3, -0.25) is 14.3 Å². The van der Waals surface area contributed by atoms with E-state index >= 15 is 0 Å². The number of hydrogen-bond acceptors (Lipinski definition) is 4. The van der Waals surface area contributed by atoms with Crippen molar-refractivity contribution < 1.29 is 9.59 Å². The van der Waals surface area contributed by atoms with Crippen molar-refractivity contribution in [2.24, 2.45) is 0 Å². The van der Waals surface area contributed by atoms with Crippen LogP contribution in [0.1, 0.15) is 28.0 Å². The molecule has 2 aromatic rings. The Hall–Kier alpha value is -2.50. The van der Waals surface area contributed by atoms with Gasteiger partial charge in [0.05, 0.1) is 16.9 Å². The van der Waals surface area contributed by atoms with Crippen LogP contribution in [0.15, 0.2) is 24.4 Å². The summed E-state index contributed by atoms with van der Waals surface area (Å²) in [6.45, 7) is 3.02. The summed E-state index contributed by atoms with van der Waals surface area (Å²) >= 11 is 0. The largest absolute Gasteiger partial charge is 0.305 e. The normalized spacial score (nSPS) is 17.6. The minimum Gasteiger partial charge on any atom is -0.305 e. The number of aromatic nitrogens is 3. The molecule has 125 valence electrons. The molecule has 1 aliphatic heterocycles. The standard InChI is InChI=1S/C19H17N4O2/c1-13-7-8-17-15(11-13)18(24)19(25)23(17)10-4-9-22-12-16(20-21-22)14-5-2-3-6-14/h2-3,5-8,11-12H,4,9-10H2,1H3. The van der Waals surface area contributed by atoms with Gasteiger partial charge in [0.2, 0.25) is 0 Å². The number of anilines is 1. The first-order chi connectivity index (χ1) is 12.1. The van der Waals surface area contributed by atoms with Gasteiger partial charge in [-0.1, -0.05) is 16.8 Å². The van der Waals surface area contributed by atoms with Gasteiger partial charge in [-0.2, -0.15) is 0 Å². The van der Waals surface area contributed by atoms with Crippen molar-refractivity contribution in [3.63, 3.8) is 0 Å². The molecule has 6 nitrogen and oxygen atoms in total. The van der Waals surface area contributed by atoms with Crippen LogP contribution in [0.2, 0.25) is 0 Å². The third kappa shape index (κ3) is 2.97. The number of carbonyl (C=O) groups excluding carboxylic acids is 2. The maximum Gasteiger partial charge on any atom is 0.299 e. The van der Waals surface area contributed by atoms with E-state index in [0.29, 0.717) is 30.8 Å². The zero-order valence-electron chi connectivity index (χ0n) is 13.8. The second-order valence-electron chi connectivity index (χ2n) is 6.20. The maximum atomic E-state index is 12.2. The number of hydrogen-bond donors (Lipinski definition) is 0. The predicted molar refractivity (Wildman–Crippen MR) is 92.0 cm³/mol. The lowest BCUT2D eigenvalue weighted by Crippen LogP contribution is -2.31. The van der Waals surface area contributed by atoms with Crippen LogP contribution >= 0.6 is 0 Å². The van der Waals surface area contributed by atoms with Gasteiger partial charge in [0.1, 0.15) is 0 Å². The average molecular weight is 333 g/mol. The summed E-state index contributed by atoms with van der Waals surface area (Å²) in [5.41, 5.74) is 3.02. The summed E-state index contributed by atoms with van der Waals surface area (Å²) in [5, 5.41) is 8.28. The molecule has 0 N–H and O–H groups in total. The van der Waals surface area contributed by atoms with Crippen molar-refractivity contribution in [2.45, 2.75) is 19.9 Å². The lowest BCUT2D eigenvalue weighted by atomic mass is 10.1. The predicted octanol–water partition coefficient (Wildman–Crippen LogP) is 1.96. The van der Waals surface area contributed by atoms with Crippen LogP contribution in [0.4, 0.5) is 5.69 Å². The number of ketones is 1. The average Bonchev–Trinajstić information content (AvgIpc) is 3.32. The molecule has 0 saturated heterocycles. The highest BCUT2D eigenvalue weighted by molar-refractivity contribution is 6.52. The number of carbonyl (C=O) groups is 2. The van der Waals surface area contributed by atoms with Crippen molar-refractivity contribution in [3.8, 4) is 0 Å². The molecule has 1 amide bonds. The number of Topliss-reactive ketones (excluding diaryl/α,β-unsaturated/α-hetero) is 1. The highest BCUT2D eigenvalue weighted by atomic mass is 16.2. The molecule has 6 heteroatoms. The molecule has 0 atom stereocenters. The Balaban J connectivity index is 1.39. The van der Waals surface area contributed by atoms with Gasteiger partial charge < -0.3 is 4.90 Å². The van der Waals surface area contributed by atoms with Crippen molar-refractivity contribution in [1.29, 1.82) is 0 Å². The SMILES string of the molecule is Cc1ccc2c(c1)C(=O)C(=O)N2CCCn1cc([C]2[CH][CH][CH][CH]2)nn1. The third-order valence-corrected chi connectivity index (χ3v) is 4.39. The molecule has 1 aliphatic carbocycles. The van der Waals surface area contributed by atoms with E-state index < -0.39 is 11.7 Å². The molecule has 0 unspecified atom stereocenters. The summed E-state index contributed by atoms with van der Waals surface area (Å²) in [4.78, 5) is 25.9. The quantitative estimate of drug-likeness (QED) is 0.785. The zero-order chi connectivity index (χ0) is 17.4. The molecular weight excluding hydrogens is 316 g/mol. The van der Waals surface area contributed by atoms with Crippen LogP contribution in [0.3, 0.4) is 0 Å². The van der Waals surface area contributed by atoms with Crippen molar-refractivity contribution >= 4 is 17.4 Å². The Labute approximate surface area is 146 Å². The van der Waals surface area contributed by atoms with E-state index in [1.165, 1.54) is 0 Å². The van der Waals surface area contributed by atoms with Gasteiger partial charge in [0.15, 0.2) is 0 Å². The first-order valence-electron chi connectivity index (χ1n) is 8.22. The molecule has 2 aliphatic rings. The van der Waals surface area contributed by atoms with E-state index in [-0.39, 0.29) is 0 Å². The number of fused-ring (bicyclic) bond motifs is 1. The van der Waals surface area contributed by atoms with Crippen LogP contribution < -0.4 is 4.90 Å². The van der Waals surface area contributed by atoms with Crippen LogP contribution in [-0.2, 0) is 11.3 Å². The summed E-state index contributed by atoms with van der Waals surface area (Å²) in [6.07, 6.45) is 10.5. The fourth-order valence-electron chi connectivity index (χ4n) is 3.11. The van der Waals surface area contributed by atoms with E-state index in [4.69, 9.17) is 0 Å². The lowest BCUT2D eigenvalue weighted by Gasteiger charge is -2.16. The molecule has 2 heterocycles. The number of benzene rings is 1. The van der Waals surface area contributed by atoms with Crippen LogP contribution in [0.5, 0.6) is 0 Å². The minimum absolute atomic E-state index is 0.419. The van der Waals surface area contributed by atoms with Gasteiger partial charge in [-0.05, 0) is 51.2 Å². The number of amides is 1. The van der Waals surface area contributed by atoms with E-state index in [2.05, 4.69) is 10.3 Å². The second kappa shape index (κ2) is 6.43. The molecule has 0 bridgehead atoms. The van der Waals surface area contributed by atoms with Gasteiger partial charge in [-0.25, -0.2) is 0 Å². The van der Waals surface area contributed by atoms with Crippen LogP contribution in [0.25, 0.3) is 0 Å². The topological polar surface area (TPSA) is 68.1 Å². The number of nitrogens with zero attached hydrogens (tertiary/aromatic N) is 4. The van der Waals surface area contributed by atoms with Crippen molar-refractivity contribution in [3.05, 3.63) is 72.8 Å². The molecule has 1 fully saturated rings. The number of rotatable bonds is 5. The van der Waals surface area contributed by atoms with Crippen molar-refractivity contribution in [2.75, 3.05) is 11.4 Å². The molecular formula is C19H17N4O2. The number of aryl methyl sites for hydroxylation is 2. The first-order valence-corrected chi connectivity index (χ1v) is 8.22. The molecule has 0 spiro atoms. The highest BCUT2D eigenvalue weighted by Gasteiger charge is 2.35. The van der Waals surface area contributed by atoms with Gasteiger partial charge in [-0.15, -0.1) is 5.10 Å². The summed E-state index contributed by atoms with van der Waals surface area (Å²) in [5.74, 6) is 0.172. The fraction of sp³-hybridized carbons (Fsp3) is 0.211. The van der Waals surface area contributed by atoms with E-state index in [1.807, 2.05) is 50.9 Å². The van der Waals surface area contributed by atoms with Gasteiger partial charge in [0, 0.05) is 25.2 Å². The lowest BCUT2D eigenvalue weighted by molar-refractivity contribution is -0.114. The molecule has 4 rings (SSSR count). The minimum atomic E-state index is -0.448. The fourth-order valence-corrected chi connectivity index (χ4v) is 3.11. The molecule has 25 heavy (non-hydrogen) atoms. The van der Waals surface area contributed by atoms with E-state index in [1.54, 1.807) is 15.6 Å². The first kappa shape index (κ1) is 16.0. The Kier molecular flexibility index (Phi) is 4.11. The maximum absolute atomic E-state index is 12.2.